The van der Waals surface area contributed by atoms with Crippen LogP contribution in [-0.2, 0) is 10.0 Å². The van der Waals surface area contributed by atoms with Crippen LogP contribution in [0.5, 0.6) is 5.75 Å². The van der Waals surface area contributed by atoms with E-state index in [2.05, 4.69) is 4.72 Å². The smallest absolute Gasteiger partial charge is 0.261 e. The van der Waals surface area contributed by atoms with Gasteiger partial charge in [0, 0.05) is 0 Å². The lowest BCUT2D eigenvalue weighted by atomic mass is 10.2. The van der Waals surface area contributed by atoms with Crippen molar-refractivity contribution in [3.8, 4) is 5.75 Å². The Kier molecular flexibility index (Phi) is 5.21. The SMILES string of the molecule is CCOc1ccc(S(=O)(=O)Nc2cccc(Cl)c2Cl)cc1C. The summed E-state index contributed by atoms with van der Waals surface area (Å²) in [7, 11) is -3.76. The molecule has 7 heteroatoms. The topological polar surface area (TPSA) is 55.4 Å². The quantitative estimate of drug-likeness (QED) is 0.854. The summed E-state index contributed by atoms with van der Waals surface area (Å²) in [5.41, 5.74) is 0.975. The summed E-state index contributed by atoms with van der Waals surface area (Å²) in [6.07, 6.45) is 0. The van der Waals surface area contributed by atoms with Crippen LogP contribution in [0.25, 0.3) is 0 Å². The van der Waals surface area contributed by atoms with E-state index in [0.717, 1.165) is 5.56 Å². The first-order valence-electron chi connectivity index (χ1n) is 6.55. The summed E-state index contributed by atoms with van der Waals surface area (Å²) >= 11 is 11.9. The average molecular weight is 360 g/mol. The fraction of sp³-hybridized carbons (Fsp3) is 0.200. The lowest BCUT2D eigenvalue weighted by Gasteiger charge is -2.12. The second-order valence-electron chi connectivity index (χ2n) is 4.57. The summed E-state index contributed by atoms with van der Waals surface area (Å²) in [5.74, 6) is 0.655. The van der Waals surface area contributed by atoms with Crippen molar-refractivity contribution in [2.24, 2.45) is 0 Å². The molecule has 2 aromatic rings. The zero-order valence-electron chi connectivity index (χ0n) is 12.1. The van der Waals surface area contributed by atoms with Gasteiger partial charge in [0.25, 0.3) is 10.0 Å². The second-order valence-corrected chi connectivity index (χ2v) is 7.03. The molecule has 0 aliphatic heterocycles. The largest absolute Gasteiger partial charge is 0.494 e. The van der Waals surface area contributed by atoms with Crippen molar-refractivity contribution in [2.45, 2.75) is 18.7 Å². The molecule has 0 saturated carbocycles. The lowest BCUT2D eigenvalue weighted by molar-refractivity contribution is 0.337. The third-order valence-electron chi connectivity index (χ3n) is 2.95. The first-order chi connectivity index (χ1) is 10.3. The minimum atomic E-state index is -3.76. The summed E-state index contributed by atoms with van der Waals surface area (Å²) in [6, 6.07) is 9.42. The van der Waals surface area contributed by atoms with Crippen molar-refractivity contribution < 1.29 is 13.2 Å². The van der Waals surface area contributed by atoms with Gasteiger partial charge in [-0.25, -0.2) is 8.42 Å². The molecule has 0 radical (unpaired) electrons. The molecule has 4 nitrogen and oxygen atoms in total. The summed E-state index contributed by atoms with van der Waals surface area (Å²) < 4.78 is 32.7. The van der Waals surface area contributed by atoms with Crippen molar-refractivity contribution in [1.82, 2.24) is 0 Å². The molecule has 0 saturated heterocycles. The minimum absolute atomic E-state index is 0.129. The highest BCUT2D eigenvalue weighted by Crippen LogP contribution is 2.31. The molecule has 0 bridgehead atoms. The van der Waals surface area contributed by atoms with Crippen LogP contribution in [0.2, 0.25) is 10.0 Å². The van der Waals surface area contributed by atoms with E-state index < -0.39 is 10.0 Å². The maximum absolute atomic E-state index is 12.4. The number of hydrogen-bond acceptors (Lipinski definition) is 3. The molecule has 0 atom stereocenters. The number of sulfonamides is 1. The van der Waals surface area contributed by atoms with Crippen LogP contribution in [0.3, 0.4) is 0 Å². The van der Waals surface area contributed by atoms with Gasteiger partial charge in [-0.3, -0.25) is 4.72 Å². The zero-order chi connectivity index (χ0) is 16.3. The first kappa shape index (κ1) is 16.9. The van der Waals surface area contributed by atoms with Crippen LogP contribution in [0, 0.1) is 6.92 Å². The normalized spacial score (nSPS) is 11.3. The van der Waals surface area contributed by atoms with E-state index >= 15 is 0 Å². The van der Waals surface area contributed by atoms with Crippen molar-refractivity contribution >= 4 is 38.9 Å². The molecule has 0 spiro atoms. The van der Waals surface area contributed by atoms with Crippen molar-refractivity contribution in [2.75, 3.05) is 11.3 Å². The molecule has 0 unspecified atom stereocenters. The van der Waals surface area contributed by atoms with E-state index in [1.807, 2.05) is 6.92 Å². The molecular weight excluding hydrogens is 345 g/mol. The predicted octanol–water partition coefficient (Wildman–Crippen LogP) is 4.50. The number of anilines is 1. The molecule has 0 heterocycles. The minimum Gasteiger partial charge on any atom is -0.494 e. The molecule has 0 aliphatic carbocycles. The Labute approximate surface area is 140 Å². The first-order valence-corrected chi connectivity index (χ1v) is 8.79. The van der Waals surface area contributed by atoms with Gasteiger partial charge in [0.05, 0.1) is 27.2 Å². The highest BCUT2D eigenvalue weighted by atomic mass is 35.5. The second kappa shape index (κ2) is 6.77. The number of ether oxygens (including phenoxy) is 1. The number of hydrogen-bond donors (Lipinski definition) is 1. The monoisotopic (exact) mass is 359 g/mol. The van der Waals surface area contributed by atoms with Gasteiger partial charge in [0.2, 0.25) is 0 Å². The van der Waals surface area contributed by atoms with Crippen molar-refractivity contribution in [3.05, 3.63) is 52.0 Å². The van der Waals surface area contributed by atoms with Crippen molar-refractivity contribution in [1.29, 1.82) is 0 Å². The zero-order valence-corrected chi connectivity index (χ0v) is 14.4. The Morgan fingerprint density at radius 2 is 1.91 bits per heavy atom. The van der Waals surface area contributed by atoms with E-state index in [1.54, 1.807) is 37.3 Å². The van der Waals surface area contributed by atoms with Crippen LogP contribution in [0.4, 0.5) is 5.69 Å². The van der Waals surface area contributed by atoms with Gasteiger partial charge < -0.3 is 4.74 Å². The highest BCUT2D eigenvalue weighted by Gasteiger charge is 2.17. The number of benzene rings is 2. The van der Waals surface area contributed by atoms with Crippen LogP contribution >= 0.6 is 23.2 Å². The summed E-state index contributed by atoms with van der Waals surface area (Å²) in [5, 5.41) is 0.445. The maximum Gasteiger partial charge on any atom is 0.261 e. The van der Waals surface area contributed by atoms with Gasteiger partial charge in [-0.15, -0.1) is 0 Å². The Balaban J connectivity index is 2.35. The summed E-state index contributed by atoms with van der Waals surface area (Å²) in [4.78, 5) is 0.129. The molecule has 0 aliphatic rings. The molecule has 0 amide bonds. The Morgan fingerprint density at radius 3 is 2.55 bits per heavy atom. The van der Waals surface area contributed by atoms with Gasteiger partial charge in [0.1, 0.15) is 5.75 Å². The Hall–Kier alpha value is -1.43. The molecule has 22 heavy (non-hydrogen) atoms. The van der Waals surface area contributed by atoms with Gasteiger partial charge >= 0.3 is 0 Å². The molecule has 0 fully saturated rings. The van der Waals surface area contributed by atoms with E-state index in [0.29, 0.717) is 12.4 Å². The van der Waals surface area contributed by atoms with Crippen LogP contribution in [-0.4, -0.2) is 15.0 Å². The standard InChI is InChI=1S/C15H15Cl2NO3S/c1-3-21-14-8-7-11(9-10(14)2)22(19,20)18-13-6-4-5-12(16)15(13)17/h4-9,18H,3H2,1-2H3. The Morgan fingerprint density at radius 1 is 1.18 bits per heavy atom. The van der Waals surface area contributed by atoms with Gasteiger partial charge in [-0.05, 0) is 49.7 Å². The molecule has 0 aromatic heterocycles. The fourth-order valence-corrected chi connectivity index (χ4v) is 3.45. The van der Waals surface area contributed by atoms with Crippen LogP contribution < -0.4 is 9.46 Å². The third-order valence-corrected chi connectivity index (χ3v) is 5.13. The lowest BCUT2D eigenvalue weighted by Crippen LogP contribution is -2.13. The highest BCUT2D eigenvalue weighted by molar-refractivity contribution is 7.92. The van der Waals surface area contributed by atoms with E-state index in [-0.39, 0.29) is 20.6 Å². The van der Waals surface area contributed by atoms with E-state index in [4.69, 9.17) is 27.9 Å². The summed E-state index contributed by atoms with van der Waals surface area (Å²) in [6.45, 7) is 4.17. The van der Waals surface area contributed by atoms with Crippen LogP contribution in [0.15, 0.2) is 41.3 Å². The predicted molar refractivity (Wildman–Crippen MR) is 89.6 cm³/mol. The number of rotatable bonds is 5. The number of aryl methyl sites for hydroxylation is 1. The van der Waals surface area contributed by atoms with Gasteiger partial charge in [0.15, 0.2) is 0 Å². The fourth-order valence-electron chi connectivity index (χ4n) is 1.89. The average Bonchev–Trinajstić information content (AvgIpc) is 2.46. The molecule has 1 N–H and O–H groups in total. The maximum atomic E-state index is 12.4. The number of halogens is 2. The molecule has 2 rings (SSSR count). The van der Waals surface area contributed by atoms with E-state index in [9.17, 15) is 8.42 Å². The molecular formula is C15H15Cl2NO3S. The van der Waals surface area contributed by atoms with Crippen LogP contribution in [0.1, 0.15) is 12.5 Å². The molecule has 2 aromatic carbocycles. The van der Waals surface area contributed by atoms with Gasteiger partial charge in [-0.2, -0.15) is 0 Å². The molecule has 118 valence electrons. The van der Waals surface area contributed by atoms with Gasteiger partial charge in [-0.1, -0.05) is 29.3 Å². The Bertz CT molecular complexity index is 791. The van der Waals surface area contributed by atoms with E-state index in [1.165, 1.54) is 6.07 Å². The number of nitrogens with one attached hydrogen (secondary N) is 1. The third kappa shape index (κ3) is 3.66. The van der Waals surface area contributed by atoms with Crippen molar-refractivity contribution in [3.63, 3.8) is 0 Å².